The van der Waals surface area contributed by atoms with Crippen LogP contribution in [-0.4, -0.2) is 16.5 Å². The number of Topliss-reactive ketones (excluding diaryl/α,β-unsaturated/α-hetero) is 1. The Morgan fingerprint density at radius 3 is 2.84 bits per heavy atom. The first kappa shape index (κ1) is 18.5. The molecule has 0 aliphatic carbocycles. The number of non-ortho nitro benzene ring substituents is 1. The van der Waals surface area contributed by atoms with Crippen LogP contribution in [0.25, 0.3) is 0 Å². The monoisotopic (exact) mass is 355 g/mol. The van der Waals surface area contributed by atoms with E-state index in [1.54, 1.807) is 25.1 Å². The van der Waals surface area contributed by atoms with Gasteiger partial charge in [0.15, 0.2) is 5.78 Å². The van der Waals surface area contributed by atoms with E-state index in [0.29, 0.717) is 33.2 Å². The lowest BCUT2D eigenvalue weighted by Gasteiger charge is -2.29. The second-order valence-electron chi connectivity index (χ2n) is 5.46. The predicted molar refractivity (Wildman–Crippen MR) is 97.6 cm³/mol. The van der Waals surface area contributed by atoms with E-state index >= 15 is 0 Å². The summed E-state index contributed by atoms with van der Waals surface area (Å²) in [5.41, 5.74) is 1.94. The van der Waals surface area contributed by atoms with Crippen LogP contribution in [0.5, 0.6) is 0 Å². The smallest absolute Gasteiger partial charge is 0.269 e. The van der Waals surface area contributed by atoms with E-state index in [1.807, 2.05) is 0 Å². The molecule has 1 aromatic carbocycles. The van der Waals surface area contributed by atoms with Crippen molar-refractivity contribution < 1.29 is 9.72 Å². The normalized spacial score (nSPS) is 16.9. The maximum Gasteiger partial charge on any atom is 0.269 e. The van der Waals surface area contributed by atoms with E-state index in [1.165, 1.54) is 30.8 Å². The zero-order valence-electron chi connectivity index (χ0n) is 13.9. The van der Waals surface area contributed by atoms with Crippen LogP contribution in [0.4, 0.5) is 5.69 Å². The van der Waals surface area contributed by atoms with Gasteiger partial charge >= 0.3 is 0 Å². The average molecular weight is 355 g/mol. The van der Waals surface area contributed by atoms with E-state index in [9.17, 15) is 20.2 Å². The molecule has 0 bridgehead atoms. The number of hydrogen-bond donors (Lipinski definition) is 1. The highest BCUT2D eigenvalue weighted by atomic mass is 32.2. The number of ketones is 1. The molecule has 25 heavy (non-hydrogen) atoms. The Bertz CT molecular complexity index is 849. The highest BCUT2D eigenvalue weighted by Gasteiger charge is 2.33. The third kappa shape index (κ3) is 3.80. The third-order valence-corrected chi connectivity index (χ3v) is 4.80. The fourth-order valence-corrected chi connectivity index (χ4v) is 3.62. The second kappa shape index (κ2) is 7.81. The van der Waals surface area contributed by atoms with Crippen LogP contribution < -0.4 is 5.32 Å². The number of nitro groups is 1. The number of dihydropyridines is 1. The van der Waals surface area contributed by atoms with Gasteiger partial charge in [0.1, 0.15) is 0 Å². The lowest BCUT2D eigenvalue weighted by Crippen LogP contribution is -2.27. The maximum atomic E-state index is 12.2. The minimum Gasteiger partial charge on any atom is -0.353 e. The van der Waals surface area contributed by atoms with Crippen LogP contribution in [0.2, 0.25) is 0 Å². The van der Waals surface area contributed by atoms with E-state index in [0.717, 1.165) is 0 Å². The number of nitrogens with one attached hydrogen (secondary N) is 1. The largest absolute Gasteiger partial charge is 0.353 e. The molecule has 6 nitrogen and oxygen atoms in total. The fraction of sp³-hybridized carbons (Fsp3) is 0.222. The number of carbonyl (C=O) groups is 1. The molecule has 1 atom stereocenters. The summed E-state index contributed by atoms with van der Waals surface area (Å²) in [6.45, 7) is 6.87. The van der Waals surface area contributed by atoms with Crippen LogP contribution in [0, 0.1) is 21.4 Å². The summed E-state index contributed by atoms with van der Waals surface area (Å²) in [5.74, 6) is -0.212. The van der Waals surface area contributed by atoms with Gasteiger partial charge in [-0.05, 0) is 19.4 Å². The van der Waals surface area contributed by atoms with Crippen molar-refractivity contribution in [3.8, 4) is 6.07 Å². The van der Waals surface area contributed by atoms with Gasteiger partial charge in [0, 0.05) is 29.2 Å². The highest BCUT2D eigenvalue weighted by Crippen LogP contribution is 2.41. The van der Waals surface area contributed by atoms with E-state index in [2.05, 4.69) is 18.0 Å². The van der Waals surface area contributed by atoms with Crippen LogP contribution >= 0.6 is 11.8 Å². The molecule has 1 aromatic rings. The first-order valence-corrected chi connectivity index (χ1v) is 8.50. The van der Waals surface area contributed by atoms with Crippen molar-refractivity contribution in [1.82, 2.24) is 5.32 Å². The number of nitrogens with zero attached hydrogens (tertiary/aromatic N) is 2. The molecule has 7 heteroatoms. The van der Waals surface area contributed by atoms with E-state index in [-0.39, 0.29) is 11.5 Å². The summed E-state index contributed by atoms with van der Waals surface area (Å²) in [6, 6.07) is 8.24. The van der Waals surface area contributed by atoms with Gasteiger partial charge < -0.3 is 5.32 Å². The topological polar surface area (TPSA) is 96.0 Å². The van der Waals surface area contributed by atoms with Crippen molar-refractivity contribution in [2.45, 2.75) is 19.8 Å². The van der Waals surface area contributed by atoms with Crippen molar-refractivity contribution in [1.29, 1.82) is 5.26 Å². The zero-order valence-corrected chi connectivity index (χ0v) is 14.7. The lowest BCUT2D eigenvalue weighted by molar-refractivity contribution is -0.384. The molecule has 0 amide bonds. The maximum absolute atomic E-state index is 12.2. The van der Waals surface area contributed by atoms with Gasteiger partial charge in [-0.3, -0.25) is 14.9 Å². The van der Waals surface area contributed by atoms with E-state index in [4.69, 9.17) is 0 Å². The van der Waals surface area contributed by atoms with Crippen molar-refractivity contribution in [3.05, 3.63) is 74.5 Å². The molecule has 0 fully saturated rings. The Balaban J connectivity index is 2.66. The van der Waals surface area contributed by atoms with Crippen LogP contribution in [0.15, 0.2) is 58.8 Å². The van der Waals surface area contributed by atoms with Crippen molar-refractivity contribution in [2.75, 3.05) is 5.75 Å². The van der Waals surface area contributed by atoms with Gasteiger partial charge in [-0.1, -0.05) is 18.2 Å². The second-order valence-corrected chi connectivity index (χ2v) is 6.49. The Hall–Kier alpha value is -2.85. The van der Waals surface area contributed by atoms with Gasteiger partial charge in [0.2, 0.25) is 0 Å². The number of thioether (sulfide) groups is 1. The summed E-state index contributed by atoms with van der Waals surface area (Å²) >= 11 is 1.41. The summed E-state index contributed by atoms with van der Waals surface area (Å²) in [5, 5.41) is 24.6. The van der Waals surface area contributed by atoms with Crippen molar-refractivity contribution in [2.24, 2.45) is 0 Å². The summed E-state index contributed by atoms with van der Waals surface area (Å²) < 4.78 is 0. The van der Waals surface area contributed by atoms with Gasteiger partial charge in [-0.15, -0.1) is 18.3 Å². The Morgan fingerprint density at radius 1 is 1.56 bits per heavy atom. The predicted octanol–water partition coefficient (Wildman–Crippen LogP) is 3.80. The molecule has 0 radical (unpaired) electrons. The number of nitro benzene ring substituents is 1. The molecule has 0 unspecified atom stereocenters. The lowest BCUT2D eigenvalue weighted by atomic mass is 9.81. The minimum atomic E-state index is -0.629. The molecule has 128 valence electrons. The molecular weight excluding hydrogens is 338 g/mol. The zero-order chi connectivity index (χ0) is 18.6. The quantitative estimate of drug-likeness (QED) is 0.474. The van der Waals surface area contributed by atoms with Gasteiger partial charge in [-0.2, -0.15) is 5.26 Å². The summed E-state index contributed by atoms with van der Waals surface area (Å²) in [4.78, 5) is 22.8. The molecule has 1 aliphatic rings. The molecule has 0 spiro atoms. The first-order valence-electron chi connectivity index (χ1n) is 7.51. The first-order chi connectivity index (χ1) is 11.9. The third-order valence-electron chi connectivity index (χ3n) is 3.79. The molecule has 2 rings (SSSR count). The van der Waals surface area contributed by atoms with Crippen molar-refractivity contribution >= 4 is 23.2 Å². The highest BCUT2D eigenvalue weighted by molar-refractivity contribution is 8.03. The SMILES string of the molecule is C=CCSC1=C(C#N)[C@@H](c2cccc([N+](=O)[O-])c2)C(C(C)=O)=C(C)N1. The Kier molecular flexibility index (Phi) is 5.78. The minimum absolute atomic E-state index is 0.0748. The standard InChI is InChI=1S/C18H17N3O3S/c1-4-8-25-18-15(10-19)17(16(12(3)22)11(2)20-18)13-6-5-7-14(9-13)21(23)24/h4-7,9,17,20H,1,8H2,2-3H3/t17-/m1/s1. The molecule has 1 aliphatic heterocycles. The Morgan fingerprint density at radius 2 is 2.28 bits per heavy atom. The average Bonchev–Trinajstić information content (AvgIpc) is 2.58. The number of benzene rings is 1. The fourth-order valence-electron chi connectivity index (χ4n) is 2.79. The molecule has 1 heterocycles. The van der Waals surface area contributed by atoms with E-state index < -0.39 is 10.8 Å². The van der Waals surface area contributed by atoms with Crippen LogP contribution in [-0.2, 0) is 4.79 Å². The number of nitriles is 1. The molecule has 0 aromatic heterocycles. The number of carbonyl (C=O) groups excluding carboxylic acids is 1. The van der Waals surface area contributed by atoms with Gasteiger partial charge in [0.05, 0.1) is 27.5 Å². The molecular formula is C18H17N3O3S. The summed E-state index contributed by atoms with van der Waals surface area (Å²) in [6.07, 6.45) is 1.72. The van der Waals surface area contributed by atoms with Crippen LogP contribution in [0.1, 0.15) is 25.3 Å². The molecule has 0 saturated heterocycles. The van der Waals surface area contributed by atoms with Gasteiger partial charge in [-0.25, -0.2) is 0 Å². The number of rotatable bonds is 6. The van der Waals surface area contributed by atoms with Crippen molar-refractivity contribution in [3.63, 3.8) is 0 Å². The Labute approximate surface area is 150 Å². The van der Waals surface area contributed by atoms with Gasteiger partial charge in [0.25, 0.3) is 5.69 Å². The number of hydrogen-bond acceptors (Lipinski definition) is 6. The molecule has 0 saturated carbocycles. The number of allylic oxidation sites excluding steroid dienone is 3. The van der Waals surface area contributed by atoms with Crippen LogP contribution in [0.3, 0.4) is 0 Å². The summed E-state index contributed by atoms with van der Waals surface area (Å²) in [7, 11) is 0. The molecule has 1 N–H and O–H groups in total.